The zero-order valence-corrected chi connectivity index (χ0v) is 9.21. The number of ether oxygens (including phenoxy) is 1. The van der Waals surface area contributed by atoms with Crippen molar-refractivity contribution in [2.75, 3.05) is 6.61 Å². The van der Waals surface area contributed by atoms with Gasteiger partial charge in [0.2, 0.25) is 11.8 Å². The Hall–Kier alpha value is -0.550. The van der Waals surface area contributed by atoms with Gasteiger partial charge in [-0.05, 0) is 13.3 Å². The molecule has 0 aliphatic carbocycles. The summed E-state index contributed by atoms with van der Waals surface area (Å²) < 4.78 is 10.8. The van der Waals surface area contributed by atoms with Gasteiger partial charge in [-0.25, -0.2) is 0 Å². The number of rotatable bonds is 3. The smallest absolute Gasteiger partial charge is 0.226 e. The lowest BCUT2D eigenvalue weighted by atomic mass is 10.3. The van der Waals surface area contributed by atoms with Crippen LogP contribution < -0.4 is 0 Å². The van der Waals surface area contributed by atoms with E-state index >= 15 is 0 Å². The quantitative estimate of drug-likeness (QED) is 0.767. The molecule has 0 aromatic carbocycles. The number of thioether (sulfide) groups is 1. The Balaban J connectivity index is 1.82. The molecule has 1 aliphatic rings. The fourth-order valence-corrected chi connectivity index (χ4v) is 2.59. The predicted octanol–water partition coefficient (Wildman–Crippen LogP) is 1.79. The first-order valence-electron chi connectivity index (χ1n) is 4.78. The van der Waals surface area contributed by atoms with E-state index in [1.54, 1.807) is 0 Å². The minimum Gasteiger partial charge on any atom is -0.425 e. The standard InChI is InChI=1S/C9H14N2O2S/c1-6-8(3-4-12-6)14-5-9-11-10-7(2)13-9/h6,8H,3-5H2,1-2H3/t6-,8+/m1/s1. The Morgan fingerprint density at radius 2 is 2.36 bits per heavy atom. The van der Waals surface area contributed by atoms with Crippen LogP contribution in [0.25, 0.3) is 0 Å². The lowest BCUT2D eigenvalue weighted by Gasteiger charge is -2.11. The average molecular weight is 214 g/mol. The van der Waals surface area contributed by atoms with Gasteiger partial charge in [0.15, 0.2) is 0 Å². The van der Waals surface area contributed by atoms with E-state index in [4.69, 9.17) is 9.15 Å². The number of aromatic nitrogens is 2. The van der Waals surface area contributed by atoms with Crippen LogP contribution in [0.2, 0.25) is 0 Å². The molecule has 1 aliphatic heterocycles. The summed E-state index contributed by atoms with van der Waals surface area (Å²) in [6, 6.07) is 0. The summed E-state index contributed by atoms with van der Waals surface area (Å²) in [5, 5.41) is 8.31. The first kappa shape index (κ1) is 9.98. The second-order valence-corrected chi connectivity index (χ2v) is 4.66. The molecule has 0 saturated carbocycles. The van der Waals surface area contributed by atoms with Crippen LogP contribution in [0.4, 0.5) is 0 Å². The molecule has 2 atom stereocenters. The molecule has 1 saturated heterocycles. The van der Waals surface area contributed by atoms with Gasteiger partial charge in [-0.3, -0.25) is 0 Å². The third-order valence-corrected chi connectivity index (χ3v) is 3.76. The first-order valence-corrected chi connectivity index (χ1v) is 5.83. The van der Waals surface area contributed by atoms with Crippen molar-refractivity contribution in [3.05, 3.63) is 11.8 Å². The van der Waals surface area contributed by atoms with Gasteiger partial charge >= 0.3 is 0 Å². The molecule has 0 spiro atoms. The molecule has 78 valence electrons. The number of nitrogens with zero attached hydrogens (tertiary/aromatic N) is 2. The summed E-state index contributed by atoms with van der Waals surface area (Å²) >= 11 is 1.84. The number of aryl methyl sites for hydroxylation is 1. The van der Waals surface area contributed by atoms with E-state index in [9.17, 15) is 0 Å². The second kappa shape index (κ2) is 4.31. The summed E-state index contributed by atoms with van der Waals surface area (Å²) in [5.74, 6) is 2.14. The van der Waals surface area contributed by atoms with Crippen LogP contribution in [0.1, 0.15) is 25.1 Å². The summed E-state index contributed by atoms with van der Waals surface area (Å²) in [7, 11) is 0. The van der Waals surface area contributed by atoms with Crippen molar-refractivity contribution in [3.8, 4) is 0 Å². The van der Waals surface area contributed by atoms with Crippen molar-refractivity contribution in [3.63, 3.8) is 0 Å². The molecule has 5 heteroatoms. The van der Waals surface area contributed by atoms with Crippen molar-refractivity contribution in [2.24, 2.45) is 0 Å². The Bertz CT molecular complexity index is 303. The zero-order chi connectivity index (χ0) is 9.97. The van der Waals surface area contributed by atoms with E-state index in [0.717, 1.165) is 18.8 Å². The van der Waals surface area contributed by atoms with Gasteiger partial charge < -0.3 is 9.15 Å². The first-order chi connectivity index (χ1) is 6.75. The van der Waals surface area contributed by atoms with Crippen molar-refractivity contribution < 1.29 is 9.15 Å². The minimum atomic E-state index is 0.351. The highest BCUT2D eigenvalue weighted by Crippen LogP contribution is 2.28. The largest absolute Gasteiger partial charge is 0.425 e. The van der Waals surface area contributed by atoms with Crippen LogP contribution in [0.5, 0.6) is 0 Å². The molecule has 1 aromatic rings. The van der Waals surface area contributed by atoms with Gasteiger partial charge in [-0.2, -0.15) is 0 Å². The van der Waals surface area contributed by atoms with Gasteiger partial charge in [0.25, 0.3) is 0 Å². The van der Waals surface area contributed by atoms with Crippen molar-refractivity contribution in [1.82, 2.24) is 10.2 Å². The predicted molar refractivity (Wildman–Crippen MR) is 54.1 cm³/mol. The SMILES string of the molecule is Cc1nnc(CS[C@H]2CCO[C@@H]2C)o1. The topological polar surface area (TPSA) is 48.2 Å². The molecule has 0 amide bonds. The van der Waals surface area contributed by atoms with E-state index in [-0.39, 0.29) is 0 Å². The molecule has 1 fully saturated rings. The normalized spacial score (nSPS) is 27.0. The van der Waals surface area contributed by atoms with Gasteiger partial charge in [0, 0.05) is 18.8 Å². The van der Waals surface area contributed by atoms with Crippen LogP contribution in [0.3, 0.4) is 0 Å². The maximum atomic E-state index is 5.47. The third kappa shape index (κ3) is 2.27. The monoisotopic (exact) mass is 214 g/mol. The van der Waals surface area contributed by atoms with Crippen LogP contribution in [0, 0.1) is 6.92 Å². The highest BCUT2D eigenvalue weighted by molar-refractivity contribution is 7.99. The van der Waals surface area contributed by atoms with Crippen molar-refractivity contribution in [2.45, 2.75) is 37.4 Å². The molecule has 0 radical (unpaired) electrons. The fourth-order valence-electron chi connectivity index (χ4n) is 1.51. The lowest BCUT2D eigenvalue weighted by molar-refractivity contribution is 0.127. The molecular formula is C9H14N2O2S. The number of hydrogen-bond donors (Lipinski definition) is 0. The van der Waals surface area contributed by atoms with Gasteiger partial charge in [0.1, 0.15) is 0 Å². The minimum absolute atomic E-state index is 0.351. The van der Waals surface area contributed by atoms with Crippen LogP contribution >= 0.6 is 11.8 Å². The van der Waals surface area contributed by atoms with Gasteiger partial charge in [-0.15, -0.1) is 22.0 Å². The van der Waals surface area contributed by atoms with Gasteiger partial charge in [-0.1, -0.05) is 0 Å². The Morgan fingerprint density at radius 1 is 1.50 bits per heavy atom. The Labute approximate surface area is 87.4 Å². The molecule has 1 aromatic heterocycles. The zero-order valence-electron chi connectivity index (χ0n) is 8.40. The van der Waals surface area contributed by atoms with Crippen LogP contribution in [-0.2, 0) is 10.5 Å². The van der Waals surface area contributed by atoms with E-state index < -0.39 is 0 Å². The average Bonchev–Trinajstić information content (AvgIpc) is 2.72. The molecule has 2 rings (SSSR count). The van der Waals surface area contributed by atoms with E-state index in [1.807, 2.05) is 18.7 Å². The fraction of sp³-hybridized carbons (Fsp3) is 0.778. The molecule has 0 unspecified atom stereocenters. The highest BCUT2D eigenvalue weighted by atomic mass is 32.2. The summed E-state index contributed by atoms with van der Waals surface area (Å²) in [6.45, 7) is 4.80. The van der Waals surface area contributed by atoms with Crippen molar-refractivity contribution in [1.29, 1.82) is 0 Å². The second-order valence-electron chi connectivity index (χ2n) is 3.43. The molecular weight excluding hydrogens is 200 g/mol. The third-order valence-electron chi connectivity index (χ3n) is 2.30. The van der Waals surface area contributed by atoms with Crippen molar-refractivity contribution >= 4 is 11.8 Å². The van der Waals surface area contributed by atoms with E-state index in [1.165, 1.54) is 0 Å². The Kier molecular flexibility index (Phi) is 3.08. The molecule has 14 heavy (non-hydrogen) atoms. The van der Waals surface area contributed by atoms with Crippen LogP contribution in [0.15, 0.2) is 4.42 Å². The summed E-state index contributed by atoms with van der Waals surface area (Å²) in [6.07, 6.45) is 1.47. The lowest BCUT2D eigenvalue weighted by Crippen LogP contribution is -2.13. The molecule has 0 bridgehead atoms. The van der Waals surface area contributed by atoms with E-state index in [2.05, 4.69) is 17.1 Å². The molecule has 4 nitrogen and oxygen atoms in total. The van der Waals surface area contributed by atoms with Crippen LogP contribution in [-0.4, -0.2) is 28.2 Å². The molecule has 2 heterocycles. The maximum Gasteiger partial charge on any atom is 0.226 e. The van der Waals surface area contributed by atoms with Gasteiger partial charge in [0.05, 0.1) is 11.9 Å². The highest BCUT2D eigenvalue weighted by Gasteiger charge is 2.24. The summed E-state index contributed by atoms with van der Waals surface area (Å²) in [4.78, 5) is 0. The number of hydrogen-bond acceptors (Lipinski definition) is 5. The van der Waals surface area contributed by atoms with E-state index in [0.29, 0.717) is 23.1 Å². The Morgan fingerprint density at radius 3 is 2.93 bits per heavy atom. The molecule has 0 N–H and O–H groups in total. The maximum absolute atomic E-state index is 5.47. The summed E-state index contributed by atoms with van der Waals surface area (Å²) in [5.41, 5.74) is 0.